The summed E-state index contributed by atoms with van der Waals surface area (Å²) in [7, 11) is 0. The Balaban J connectivity index is 2.10. The highest BCUT2D eigenvalue weighted by molar-refractivity contribution is 5.91. The van der Waals surface area contributed by atoms with Gasteiger partial charge in [0.25, 0.3) is 0 Å². The van der Waals surface area contributed by atoms with Gasteiger partial charge in [0, 0.05) is 18.2 Å². The topological polar surface area (TPSA) is 55.1 Å². The third-order valence-corrected chi connectivity index (χ3v) is 3.84. The fraction of sp³-hybridized carbons (Fsp3) is 0.438. The number of anilines is 1. The molecule has 1 atom stereocenters. The van der Waals surface area contributed by atoms with Crippen LogP contribution in [-0.4, -0.2) is 11.9 Å². The van der Waals surface area contributed by atoms with E-state index in [0.717, 1.165) is 30.5 Å². The number of hydrogen-bond donors (Lipinski definition) is 2. The standard InChI is InChI=1S/C16H20N2O/c1-3-5-14(4-2)18-15(19)16(10-11-16)12-6-8-13(17)9-7-12/h1,6-9,14H,4-5,10-11,17H2,2H3,(H,18,19). The molecule has 1 saturated carbocycles. The molecule has 19 heavy (non-hydrogen) atoms. The normalized spacial score (nSPS) is 17.3. The molecule has 1 unspecified atom stereocenters. The zero-order valence-electron chi connectivity index (χ0n) is 11.3. The van der Waals surface area contributed by atoms with Gasteiger partial charge in [0.15, 0.2) is 0 Å². The predicted octanol–water partition coefficient (Wildman–Crippen LogP) is 2.22. The molecule has 3 heteroatoms. The Bertz CT molecular complexity index is 494. The van der Waals surface area contributed by atoms with Gasteiger partial charge >= 0.3 is 0 Å². The molecule has 1 fully saturated rings. The molecule has 3 N–H and O–H groups in total. The summed E-state index contributed by atoms with van der Waals surface area (Å²) in [5, 5.41) is 3.07. The molecule has 1 aliphatic rings. The maximum atomic E-state index is 12.4. The lowest BCUT2D eigenvalue weighted by atomic mass is 9.94. The van der Waals surface area contributed by atoms with Crippen molar-refractivity contribution in [2.75, 3.05) is 5.73 Å². The van der Waals surface area contributed by atoms with Crippen LogP contribution in [0.4, 0.5) is 5.69 Å². The van der Waals surface area contributed by atoms with Crippen LogP contribution in [0, 0.1) is 12.3 Å². The fourth-order valence-corrected chi connectivity index (χ4v) is 2.34. The first-order valence-electron chi connectivity index (χ1n) is 6.73. The van der Waals surface area contributed by atoms with Crippen LogP contribution in [0.3, 0.4) is 0 Å². The number of terminal acetylenes is 1. The molecule has 0 aliphatic heterocycles. The number of nitrogens with one attached hydrogen (secondary N) is 1. The van der Waals surface area contributed by atoms with Crippen molar-refractivity contribution in [2.45, 2.75) is 44.1 Å². The predicted molar refractivity (Wildman–Crippen MR) is 77.4 cm³/mol. The van der Waals surface area contributed by atoms with Gasteiger partial charge in [-0.25, -0.2) is 0 Å². The van der Waals surface area contributed by atoms with Crippen molar-refractivity contribution in [3.63, 3.8) is 0 Å². The number of rotatable bonds is 5. The van der Waals surface area contributed by atoms with Gasteiger partial charge in [-0.05, 0) is 37.0 Å². The van der Waals surface area contributed by atoms with Crippen LogP contribution >= 0.6 is 0 Å². The van der Waals surface area contributed by atoms with Gasteiger partial charge in [-0.2, -0.15) is 0 Å². The molecule has 1 aliphatic carbocycles. The van der Waals surface area contributed by atoms with Crippen LogP contribution in [0.25, 0.3) is 0 Å². The molecule has 0 saturated heterocycles. The summed E-state index contributed by atoms with van der Waals surface area (Å²) in [6.45, 7) is 2.03. The van der Waals surface area contributed by atoms with Gasteiger partial charge < -0.3 is 11.1 Å². The molecule has 1 aromatic rings. The highest BCUT2D eigenvalue weighted by Crippen LogP contribution is 2.48. The van der Waals surface area contributed by atoms with Gasteiger partial charge in [-0.3, -0.25) is 4.79 Å². The first-order chi connectivity index (χ1) is 9.12. The number of nitrogens with two attached hydrogens (primary N) is 1. The van der Waals surface area contributed by atoms with Gasteiger partial charge in [0.2, 0.25) is 5.91 Å². The van der Waals surface area contributed by atoms with Gasteiger partial charge in [-0.1, -0.05) is 19.1 Å². The van der Waals surface area contributed by atoms with E-state index in [1.807, 2.05) is 31.2 Å². The molecule has 2 rings (SSSR count). The number of carbonyl (C=O) groups is 1. The molecule has 0 aromatic heterocycles. The van der Waals surface area contributed by atoms with Crippen molar-refractivity contribution in [3.05, 3.63) is 29.8 Å². The molecule has 0 heterocycles. The third kappa shape index (κ3) is 2.73. The lowest BCUT2D eigenvalue weighted by Gasteiger charge is -2.20. The highest BCUT2D eigenvalue weighted by atomic mass is 16.2. The van der Waals surface area contributed by atoms with E-state index in [-0.39, 0.29) is 17.4 Å². The average molecular weight is 256 g/mol. The number of hydrogen-bond acceptors (Lipinski definition) is 2. The van der Waals surface area contributed by atoms with Crippen LogP contribution in [0.15, 0.2) is 24.3 Å². The van der Waals surface area contributed by atoms with Crippen LogP contribution in [0.1, 0.15) is 38.2 Å². The average Bonchev–Trinajstić information content (AvgIpc) is 3.20. The summed E-state index contributed by atoms with van der Waals surface area (Å²) in [6, 6.07) is 7.67. The number of benzene rings is 1. The minimum absolute atomic E-state index is 0.0729. The second-order valence-electron chi connectivity index (χ2n) is 5.19. The molecule has 100 valence electrons. The van der Waals surface area contributed by atoms with Crippen molar-refractivity contribution < 1.29 is 4.79 Å². The van der Waals surface area contributed by atoms with Gasteiger partial charge in [0.05, 0.1) is 5.41 Å². The van der Waals surface area contributed by atoms with Crippen LogP contribution in [0.5, 0.6) is 0 Å². The Kier molecular flexibility index (Phi) is 3.80. The monoisotopic (exact) mass is 256 g/mol. The Morgan fingerprint density at radius 1 is 1.47 bits per heavy atom. The minimum atomic E-state index is -0.351. The molecule has 0 spiro atoms. The molecule has 0 bridgehead atoms. The quantitative estimate of drug-likeness (QED) is 0.627. The second kappa shape index (κ2) is 5.36. The van der Waals surface area contributed by atoms with Crippen LogP contribution in [-0.2, 0) is 10.2 Å². The lowest BCUT2D eigenvalue weighted by molar-refractivity contribution is -0.124. The number of amides is 1. The smallest absolute Gasteiger partial charge is 0.230 e. The van der Waals surface area contributed by atoms with E-state index in [1.54, 1.807) is 0 Å². The second-order valence-corrected chi connectivity index (χ2v) is 5.19. The first kappa shape index (κ1) is 13.5. The van der Waals surface area contributed by atoms with E-state index < -0.39 is 0 Å². The summed E-state index contributed by atoms with van der Waals surface area (Å²) in [4.78, 5) is 12.4. The minimum Gasteiger partial charge on any atom is -0.399 e. The molecule has 3 nitrogen and oxygen atoms in total. The Hall–Kier alpha value is -1.95. The molecule has 1 amide bonds. The third-order valence-electron chi connectivity index (χ3n) is 3.84. The largest absolute Gasteiger partial charge is 0.399 e. The zero-order chi connectivity index (χ0) is 13.9. The van der Waals surface area contributed by atoms with Crippen molar-refractivity contribution in [1.82, 2.24) is 5.32 Å². The summed E-state index contributed by atoms with van der Waals surface area (Å²) < 4.78 is 0. The SMILES string of the molecule is C#CCC(CC)NC(=O)C1(c2ccc(N)cc2)CC1. The Morgan fingerprint density at radius 2 is 2.11 bits per heavy atom. The summed E-state index contributed by atoms with van der Waals surface area (Å²) >= 11 is 0. The van der Waals surface area contributed by atoms with Crippen LogP contribution in [0.2, 0.25) is 0 Å². The molecular formula is C16H20N2O. The van der Waals surface area contributed by atoms with E-state index in [9.17, 15) is 4.79 Å². The van der Waals surface area contributed by atoms with Gasteiger partial charge in [0.1, 0.15) is 0 Å². The molecule has 1 aromatic carbocycles. The van der Waals surface area contributed by atoms with E-state index in [2.05, 4.69) is 11.2 Å². The summed E-state index contributed by atoms with van der Waals surface area (Å²) in [5.74, 6) is 2.71. The fourth-order valence-electron chi connectivity index (χ4n) is 2.34. The Morgan fingerprint density at radius 3 is 2.58 bits per heavy atom. The van der Waals surface area contributed by atoms with Crippen LogP contribution < -0.4 is 11.1 Å². The zero-order valence-corrected chi connectivity index (χ0v) is 11.3. The first-order valence-corrected chi connectivity index (χ1v) is 6.73. The molecule has 0 radical (unpaired) electrons. The van der Waals surface area contributed by atoms with E-state index >= 15 is 0 Å². The van der Waals surface area contributed by atoms with Crippen molar-refractivity contribution in [1.29, 1.82) is 0 Å². The molecular weight excluding hydrogens is 236 g/mol. The maximum Gasteiger partial charge on any atom is 0.230 e. The maximum absolute atomic E-state index is 12.4. The Labute approximate surface area is 114 Å². The highest BCUT2D eigenvalue weighted by Gasteiger charge is 2.51. The van der Waals surface area contributed by atoms with E-state index in [1.165, 1.54) is 0 Å². The van der Waals surface area contributed by atoms with E-state index in [4.69, 9.17) is 12.2 Å². The van der Waals surface area contributed by atoms with Crippen molar-refractivity contribution in [2.24, 2.45) is 0 Å². The number of carbonyl (C=O) groups excluding carboxylic acids is 1. The van der Waals surface area contributed by atoms with Crippen molar-refractivity contribution in [3.8, 4) is 12.3 Å². The van der Waals surface area contributed by atoms with Gasteiger partial charge in [-0.15, -0.1) is 12.3 Å². The summed E-state index contributed by atoms with van der Waals surface area (Å²) in [5.41, 5.74) is 7.11. The lowest BCUT2D eigenvalue weighted by Crippen LogP contribution is -2.41. The summed E-state index contributed by atoms with van der Waals surface area (Å²) in [6.07, 6.45) is 8.55. The van der Waals surface area contributed by atoms with Crippen molar-refractivity contribution >= 4 is 11.6 Å². The number of nitrogen functional groups attached to an aromatic ring is 1. The van der Waals surface area contributed by atoms with E-state index in [0.29, 0.717) is 6.42 Å².